The lowest BCUT2D eigenvalue weighted by atomic mass is 10.2. The first-order valence-corrected chi connectivity index (χ1v) is 5.48. The first-order chi connectivity index (χ1) is 8.69. The second kappa shape index (κ2) is 7.52. The van der Waals surface area contributed by atoms with Crippen LogP contribution in [0.1, 0.15) is 10.4 Å². The molecule has 0 spiro atoms. The van der Waals surface area contributed by atoms with Crippen LogP contribution in [-0.4, -0.2) is 44.6 Å². The molecule has 1 rings (SSSR count). The Morgan fingerprint density at radius 3 is 2.78 bits per heavy atom. The normalized spacial score (nSPS) is 10.1. The van der Waals surface area contributed by atoms with Crippen LogP contribution in [0.2, 0.25) is 0 Å². The molecule has 100 valence electrons. The van der Waals surface area contributed by atoms with Crippen molar-refractivity contribution in [3.63, 3.8) is 0 Å². The molecule has 0 heterocycles. The summed E-state index contributed by atoms with van der Waals surface area (Å²) in [6.07, 6.45) is 0. The largest absolute Gasteiger partial charge is 0.496 e. The highest BCUT2D eigenvalue weighted by molar-refractivity contribution is 5.93. The number of benzene rings is 1. The summed E-state index contributed by atoms with van der Waals surface area (Å²) in [5.41, 5.74) is 6.33. The zero-order valence-electron chi connectivity index (χ0n) is 10.2. The number of nitrogen functional groups attached to an aromatic ring is 1. The summed E-state index contributed by atoms with van der Waals surface area (Å²) in [5, 5.41) is 8.49. The molecule has 0 saturated carbocycles. The highest BCUT2D eigenvalue weighted by Gasteiger charge is 2.13. The Bertz CT molecular complexity index is 394. The molecule has 0 aliphatic rings. The average molecular weight is 255 g/mol. The summed E-state index contributed by atoms with van der Waals surface area (Å²) in [6.45, 7) is 0.504. The minimum Gasteiger partial charge on any atom is -0.496 e. The van der Waals surface area contributed by atoms with Crippen LogP contribution in [0.25, 0.3) is 0 Å². The van der Waals surface area contributed by atoms with Gasteiger partial charge in [-0.1, -0.05) is 0 Å². The highest BCUT2D eigenvalue weighted by atomic mass is 16.6. The first-order valence-electron chi connectivity index (χ1n) is 5.48. The van der Waals surface area contributed by atoms with Gasteiger partial charge in [-0.25, -0.2) is 4.79 Å². The summed E-state index contributed by atoms with van der Waals surface area (Å²) in [7, 11) is 1.46. The quantitative estimate of drug-likeness (QED) is 0.417. The summed E-state index contributed by atoms with van der Waals surface area (Å²) >= 11 is 0. The van der Waals surface area contributed by atoms with E-state index < -0.39 is 5.97 Å². The Labute approximate surface area is 105 Å². The number of aliphatic hydroxyl groups is 1. The minimum absolute atomic E-state index is 0.0585. The molecular weight excluding hydrogens is 238 g/mol. The van der Waals surface area contributed by atoms with E-state index in [0.29, 0.717) is 11.4 Å². The van der Waals surface area contributed by atoms with Crippen molar-refractivity contribution < 1.29 is 24.1 Å². The lowest BCUT2D eigenvalue weighted by Crippen LogP contribution is -2.13. The monoisotopic (exact) mass is 255 g/mol. The fourth-order valence-corrected chi connectivity index (χ4v) is 1.32. The van der Waals surface area contributed by atoms with Crippen LogP contribution in [0.15, 0.2) is 18.2 Å². The van der Waals surface area contributed by atoms with Crippen molar-refractivity contribution in [3.05, 3.63) is 23.8 Å². The van der Waals surface area contributed by atoms with Crippen LogP contribution in [-0.2, 0) is 9.47 Å². The maximum Gasteiger partial charge on any atom is 0.342 e. The van der Waals surface area contributed by atoms with Gasteiger partial charge in [0, 0.05) is 5.69 Å². The van der Waals surface area contributed by atoms with E-state index >= 15 is 0 Å². The summed E-state index contributed by atoms with van der Waals surface area (Å²) in [6, 6.07) is 4.74. The smallest absolute Gasteiger partial charge is 0.342 e. The van der Waals surface area contributed by atoms with E-state index in [1.807, 2.05) is 0 Å². The van der Waals surface area contributed by atoms with Crippen molar-refractivity contribution in [2.75, 3.05) is 39.3 Å². The van der Waals surface area contributed by atoms with Gasteiger partial charge < -0.3 is 25.1 Å². The number of carbonyl (C=O) groups is 1. The lowest BCUT2D eigenvalue weighted by Gasteiger charge is -2.09. The highest BCUT2D eigenvalue weighted by Crippen LogP contribution is 2.21. The molecule has 6 heteroatoms. The molecule has 0 saturated heterocycles. The molecule has 0 aromatic heterocycles. The van der Waals surface area contributed by atoms with Gasteiger partial charge in [0.1, 0.15) is 17.9 Å². The first kappa shape index (κ1) is 14.3. The molecule has 0 aliphatic heterocycles. The van der Waals surface area contributed by atoms with Gasteiger partial charge in [0.2, 0.25) is 0 Å². The number of hydrogen-bond acceptors (Lipinski definition) is 6. The summed E-state index contributed by atoms with van der Waals surface area (Å²) < 4.78 is 15.0. The van der Waals surface area contributed by atoms with Gasteiger partial charge in [0.25, 0.3) is 0 Å². The number of ether oxygens (including phenoxy) is 3. The maximum absolute atomic E-state index is 11.7. The van der Waals surface area contributed by atoms with Crippen molar-refractivity contribution in [2.24, 2.45) is 0 Å². The molecule has 18 heavy (non-hydrogen) atoms. The SMILES string of the molecule is COc1ccc(N)cc1C(=O)OCCOCCO. The maximum atomic E-state index is 11.7. The van der Waals surface area contributed by atoms with Gasteiger partial charge in [-0.2, -0.15) is 0 Å². The van der Waals surface area contributed by atoms with Crippen LogP contribution in [0.5, 0.6) is 5.75 Å². The second-order valence-corrected chi connectivity index (χ2v) is 3.43. The predicted molar refractivity (Wildman–Crippen MR) is 65.6 cm³/mol. The Balaban J connectivity index is 2.52. The second-order valence-electron chi connectivity index (χ2n) is 3.43. The van der Waals surface area contributed by atoms with Gasteiger partial charge in [-0.05, 0) is 18.2 Å². The van der Waals surface area contributed by atoms with Crippen LogP contribution in [0.3, 0.4) is 0 Å². The predicted octanol–water partition coefficient (Wildman–Crippen LogP) is 0.443. The van der Waals surface area contributed by atoms with E-state index in [1.165, 1.54) is 13.2 Å². The number of esters is 1. The van der Waals surface area contributed by atoms with Crippen molar-refractivity contribution in [1.29, 1.82) is 0 Å². The number of aliphatic hydroxyl groups excluding tert-OH is 1. The number of anilines is 1. The van der Waals surface area contributed by atoms with E-state index in [-0.39, 0.29) is 32.0 Å². The third-order valence-corrected chi connectivity index (χ3v) is 2.14. The minimum atomic E-state index is -0.522. The molecular formula is C12H17NO5. The molecule has 0 atom stereocenters. The number of rotatable bonds is 7. The standard InChI is InChI=1S/C12H17NO5/c1-16-11-3-2-9(13)8-10(11)12(15)18-7-6-17-5-4-14/h2-3,8,14H,4-7,13H2,1H3. The Hall–Kier alpha value is -1.79. The Kier molecular flexibility index (Phi) is 5.96. The average Bonchev–Trinajstić information content (AvgIpc) is 2.38. The van der Waals surface area contributed by atoms with E-state index in [9.17, 15) is 4.79 Å². The van der Waals surface area contributed by atoms with Gasteiger partial charge in [-0.15, -0.1) is 0 Å². The van der Waals surface area contributed by atoms with Gasteiger partial charge in [0.05, 0.1) is 26.9 Å². The van der Waals surface area contributed by atoms with Crippen molar-refractivity contribution >= 4 is 11.7 Å². The number of hydrogen-bond donors (Lipinski definition) is 2. The fraction of sp³-hybridized carbons (Fsp3) is 0.417. The molecule has 3 N–H and O–H groups in total. The number of nitrogens with two attached hydrogens (primary N) is 1. The molecule has 0 bridgehead atoms. The van der Waals surface area contributed by atoms with E-state index in [1.54, 1.807) is 12.1 Å². The Morgan fingerprint density at radius 2 is 2.11 bits per heavy atom. The molecule has 0 unspecified atom stereocenters. The fourth-order valence-electron chi connectivity index (χ4n) is 1.32. The Morgan fingerprint density at radius 1 is 1.33 bits per heavy atom. The van der Waals surface area contributed by atoms with Crippen LogP contribution >= 0.6 is 0 Å². The molecule has 0 radical (unpaired) electrons. The zero-order valence-corrected chi connectivity index (χ0v) is 10.2. The third-order valence-electron chi connectivity index (χ3n) is 2.14. The molecule has 1 aromatic carbocycles. The molecule has 0 aliphatic carbocycles. The van der Waals surface area contributed by atoms with E-state index in [4.69, 9.17) is 25.1 Å². The van der Waals surface area contributed by atoms with Crippen molar-refractivity contribution in [3.8, 4) is 5.75 Å². The summed E-state index contributed by atoms with van der Waals surface area (Å²) in [4.78, 5) is 11.7. The van der Waals surface area contributed by atoms with Crippen LogP contribution in [0.4, 0.5) is 5.69 Å². The number of methoxy groups -OCH3 is 1. The van der Waals surface area contributed by atoms with Crippen LogP contribution < -0.4 is 10.5 Å². The third kappa shape index (κ3) is 4.23. The topological polar surface area (TPSA) is 91.0 Å². The van der Waals surface area contributed by atoms with Crippen molar-refractivity contribution in [2.45, 2.75) is 0 Å². The molecule has 0 fully saturated rings. The number of carbonyl (C=O) groups excluding carboxylic acids is 1. The molecule has 1 aromatic rings. The van der Waals surface area contributed by atoms with E-state index in [2.05, 4.69) is 0 Å². The van der Waals surface area contributed by atoms with Gasteiger partial charge in [0.15, 0.2) is 0 Å². The van der Waals surface area contributed by atoms with Gasteiger partial charge >= 0.3 is 5.97 Å². The zero-order chi connectivity index (χ0) is 13.4. The van der Waals surface area contributed by atoms with E-state index in [0.717, 1.165) is 0 Å². The summed E-state index contributed by atoms with van der Waals surface area (Å²) in [5.74, 6) is -0.114. The molecule has 6 nitrogen and oxygen atoms in total. The molecule has 0 amide bonds. The van der Waals surface area contributed by atoms with Gasteiger partial charge in [-0.3, -0.25) is 0 Å². The van der Waals surface area contributed by atoms with Crippen LogP contribution in [0, 0.1) is 0 Å². The lowest BCUT2D eigenvalue weighted by molar-refractivity contribution is 0.0256. The van der Waals surface area contributed by atoms with Crippen molar-refractivity contribution in [1.82, 2.24) is 0 Å².